The Hall–Kier alpha value is -0.570. The molecule has 3 heteroatoms. The van der Waals surface area contributed by atoms with Crippen molar-refractivity contribution < 1.29 is 9.90 Å². The Morgan fingerprint density at radius 3 is 2.60 bits per heavy atom. The van der Waals surface area contributed by atoms with Crippen LogP contribution in [0.15, 0.2) is 0 Å². The Balaban J connectivity index is 1.77. The van der Waals surface area contributed by atoms with Crippen LogP contribution in [0.5, 0.6) is 0 Å². The maximum absolute atomic E-state index is 11.1. The van der Waals surface area contributed by atoms with Gasteiger partial charge in [0.05, 0.1) is 5.92 Å². The van der Waals surface area contributed by atoms with Crippen LogP contribution in [0.2, 0.25) is 0 Å². The van der Waals surface area contributed by atoms with E-state index in [1.165, 1.54) is 19.3 Å². The third-order valence-corrected chi connectivity index (χ3v) is 4.68. The van der Waals surface area contributed by atoms with E-state index in [1.54, 1.807) is 0 Å². The predicted octanol–water partition coefficient (Wildman–Crippen LogP) is 1.72. The summed E-state index contributed by atoms with van der Waals surface area (Å²) in [5.74, 6) is 0.209. The lowest BCUT2D eigenvalue weighted by atomic mass is 9.89. The molecule has 4 atom stereocenters. The fraction of sp³-hybridized carbons (Fsp3) is 0.917. The minimum absolute atomic E-state index is 0.0788. The Bertz CT molecular complexity index is 287. The van der Waals surface area contributed by atoms with Gasteiger partial charge in [-0.15, -0.1) is 0 Å². The van der Waals surface area contributed by atoms with Crippen LogP contribution in [0.3, 0.4) is 0 Å². The quantitative estimate of drug-likeness (QED) is 0.769. The number of rotatable bonds is 3. The first-order valence-electron chi connectivity index (χ1n) is 6.18. The Kier molecular flexibility index (Phi) is 2.06. The second-order valence-corrected chi connectivity index (χ2v) is 5.50. The van der Waals surface area contributed by atoms with Crippen molar-refractivity contribution in [2.24, 2.45) is 11.8 Å². The molecule has 1 saturated carbocycles. The summed E-state index contributed by atoms with van der Waals surface area (Å²) in [5, 5.41) is 9.16. The highest BCUT2D eigenvalue weighted by Crippen LogP contribution is 2.47. The van der Waals surface area contributed by atoms with Gasteiger partial charge in [0.25, 0.3) is 0 Å². The fourth-order valence-corrected chi connectivity index (χ4v) is 3.75. The van der Waals surface area contributed by atoms with E-state index in [9.17, 15) is 4.79 Å². The predicted molar refractivity (Wildman–Crippen MR) is 56.6 cm³/mol. The van der Waals surface area contributed by atoms with Crippen molar-refractivity contribution in [1.29, 1.82) is 0 Å². The number of carboxylic acids is 1. The standard InChI is InChI=1S/C12H19NO2/c1-7(8-2-3-8)13-9-4-5-11(13)10(6-9)12(14)15/h7-11H,2-6H2,1H3,(H,14,15). The summed E-state index contributed by atoms with van der Waals surface area (Å²) in [6.07, 6.45) is 5.95. The molecule has 1 aliphatic carbocycles. The number of hydrogen-bond donors (Lipinski definition) is 1. The molecule has 4 unspecified atom stereocenters. The molecule has 0 radical (unpaired) electrons. The summed E-state index contributed by atoms with van der Waals surface area (Å²) in [7, 11) is 0. The summed E-state index contributed by atoms with van der Waals surface area (Å²) in [5.41, 5.74) is 0. The van der Waals surface area contributed by atoms with Gasteiger partial charge in [0.1, 0.15) is 0 Å². The van der Waals surface area contributed by atoms with Crippen LogP contribution in [-0.2, 0) is 4.79 Å². The van der Waals surface area contributed by atoms with Crippen molar-refractivity contribution in [3.05, 3.63) is 0 Å². The van der Waals surface area contributed by atoms with Crippen molar-refractivity contribution in [1.82, 2.24) is 4.90 Å². The van der Waals surface area contributed by atoms with Crippen molar-refractivity contribution in [2.75, 3.05) is 0 Å². The lowest BCUT2D eigenvalue weighted by Gasteiger charge is -2.29. The highest BCUT2D eigenvalue weighted by molar-refractivity contribution is 5.71. The van der Waals surface area contributed by atoms with Crippen LogP contribution in [-0.4, -0.2) is 34.1 Å². The van der Waals surface area contributed by atoms with Gasteiger partial charge in [0.2, 0.25) is 0 Å². The molecule has 3 rings (SSSR count). The highest BCUT2D eigenvalue weighted by Gasteiger charge is 2.52. The second kappa shape index (κ2) is 3.21. The van der Waals surface area contributed by atoms with Crippen LogP contribution in [0.4, 0.5) is 0 Å². The Labute approximate surface area is 90.5 Å². The summed E-state index contributed by atoms with van der Waals surface area (Å²) in [6, 6.07) is 1.56. The molecule has 0 aromatic heterocycles. The SMILES string of the molecule is CC(C1CC1)N1C2CCC1C(C(=O)O)C2. The van der Waals surface area contributed by atoms with Gasteiger partial charge in [-0.05, 0) is 44.9 Å². The topological polar surface area (TPSA) is 40.5 Å². The first kappa shape index (κ1) is 9.64. The zero-order valence-electron chi connectivity index (χ0n) is 9.22. The molecule has 2 heterocycles. The van der Waals surface area contributed by atoms with Crippen molar-refractivity contribution >= 4 is 5.97 Å². The summed E-state index contributed by atoms with van der Waals surface area (Å²) >= 11 is 0. The molecule has 3 nitrogen and oxygen atoms in total. The first-order valence-corrected chi connectivity index (χ1v) is 6.18. The molecule has 1 N–H and O–H groups in total. The first-order chi connectivity index (χ1) is 7.18. The van der Waals surface area contributed by atoms with Gasteiger partial charge in [-0.1, -0.05) is 0 Å². The number of aliphatic carboxylic acids is 1. The van der Waals surface area contributed by atoms with Crippen LogP contribution in [0, 0.1) is 11.8 Å². The smallest absolute Gasteiger partial charge is 0.308 e. The van der Waals surface area contributed by atoms with Gasteiger partial charge in [0, 0.05) is 18.1 Å². The lowest BCUT2D eigenvalue weighted by molar-refractivity contribution is -0.142. The number of fused-ring (bicyclic) bond motifs is 2. The van der Waals surface area contributed by atoms with Crippen molar-refractivity contribution in [3.63, 3.8) is 0 Å². The molecular formula is C12H19NO2. The van der Waals surface area contributed by atoms with Crippen molar-refractivity contribution in [2.45, 2.75) is 57.2 Å². The van der Waals surface area contributed by atoms with Gasteiger partial charge in [-0.2, -0.15) is 0 Å². The molecule has 0 aromatic rings. The van der Waals surface area contributed by atoms with Gasteiger partial charge < -0.3 is 5.11 Å². The Morgan fingerprint density at radius 2 is 2.07 bits per heavy atom. The molecule has 3 fully saturated rings. The third-order valence-electron chi connectivity index (χ3n) is 4.68. The average molecular weight is 209 g/mol. The third kappa shape index (κ3) is 1.40. The lowest BCUT2D eigenvalue weighted by Crippen LogP contribution is -2.40. The van der Waals surface area contributed by atoms with Crippen LogP contribution < -0.4 is 0 Å². The fourth-order valence-electron chi connectivity index (χ4n) is 3.75. The van der Waals surface area contributed by atoms with E-state index in [0.717, 1.165) is 18.8 Å². The summed E-state index contributed by atoms with van der Waals surface area (Å²) in [6.45, 7) is 2.30. The van der Waals surface area contributed by atoms with E-state index in [4.69, 9.17) is 5.11 Å². The number of hydrogen-bond acceptors (Lipinski definition) is 2. The van der Waals surface area contributed by atoms with Gasteiger partial charge >= 0.3 is 5.97 Å². The second-order valence-electron chi connectivity index (χ2n) is 5.50. The molecule has 0 spiro atoms. The summed E-state index contributed by atoms with van der Waals surface area (Å²) in [4.78, 5) is 13.7. The molecule has 2 bridgehead atoms. The number of nitrogens with zero attached hydrogens (tertiary/aromatic N) is 1. The molecule has 0 aromatic carbocycles. The highest BCUT2D eigenvalue weighted by atomic mass is 16.4. The van der Waals surface area contributed by atoms with E-state index < -0.39 is 5.97 Å². The minimum atomic E-state index is -0.574. The molecule has 84 valence electrons. The van der Waals surface area contributed by atoms with Crippen LogP contribution >= 0.6 is 0 Å². The zero-order valence-corrected chi connectivity index (χ0v) is 9.22. The molecule has 15 heavy (non-hydrogen) atoms. The van der Waals surface area contributed by atoms with E-state index in [0.29, 0.717) is 18.1 Å². The van der Waals surface area contributed by atoms with E-state index in [-0.39, 0.29) is 5.92 Å². The minimum Gasteiger partial charge on any atom is -0.481 e. The van der Waals surface area contributed by atoms with Gasteiger partial charge in [-0.25, -0.2) is 0 Å². The van der Waals surface area contributed by atoms with E-state index >= 15 is 0 Å². The Morgan fingerprint density at radius 1 is 1.33 bits per heavy atom. The van der Waals surface area contributed by atoms with Gasteiger partial charge in [-0.3, -0.25) is 9.69 Å². The zero-order chi connectivity index (χ0) is 10.6. The summed E-state index contributed by atoms with van der Waals surface area (Å²) < 4.78 is 0. The number of carboxylic acid groups (broad SMARTS) is 1. The normalized spacial score (nSPS) is 42.1. The molecule has 3 aliphatic rings. The molecule has 0 amide bonds. The average Bonchev–Trinajstić information content (AvgIpc) is 2.90. The molecule has 2 aliphatic heterocycles. The maximum Gasteiger partial charge on any atom is 0.308 e. The van der Waals surface area contributed by atoms with E-state index in [2.05, 4.69) is 11.8 Å². The molecule has 2 saturated heterocycles. The van der Waals surface area contributed by atoms with Crippen LogP contribution in [0.25, 0.3) is 0 Å². The maximum atomic E-state index is 11.1. The van der Waals surface area contributed by atoms with E-state index in [1.807, 2.05) is 0 Å². The monoisotopic (exact) mass is 209 g/mol. The van der Waals surface area contributed by atoms with Crippen LogP contribution in [0.1, 0.15) is 39.0 Å². The van der Waals surface area contributed by atoms with Crippen molar-refractivity contribution in [3.8, 4) is 0 Å². The number of carbonyl (C=O) groups is 1. The largest absolute Gasteiger partial charge is 0.481 e. The molecular weight excluding hydrogens is 190 g/mol. The van der Waals surface area contributed by atoms with Gasteiger partial charge in [0.15, 0.2) is 0 Å².